The summed E-state index contributed by atoms with van der Waals surface area (Å²) in [4.78, 5) is 11.8. The molecule has 0 spiro atoms. The average molecular weight is 347 g/mol. The lowest BCUT2D eigenvalue weighted by atomic mass is 9.75. The summed E-state index contributed by atoms with van der Waals surface area (Å²) in [5.74, 6) is 1.14. The first kappa shape index (κ1) is 20.0. The molecule has 0 amide bonds. The molecule has 0 aromatic heterocycles. The third kappa shape index (κ3) is 4.63. The highest BCUT2D eigenvalue weighted by Crippen LogP contribution is 2.48. The quantitative estimate of drug-likeness (QED) is 0.554. The molecule has 6 atom stereocenters. The summed E-state index contributed by atoms with van der Waals surface area (Å²) in [6, 6.07) is 0. The molecule has 0 aromatic rings. The van der Waals surface area contributed by atoms with Crippen LogP contribution >= 0.6 is 0 Å². The molecule has 25 heavy (non-hydrogen) atoms. The van der Waals surface area contributed by atoms with Gasteiger partial charge in [-0.05, 0) is 63.7 Å². The van der Waals surface area contributed by atoms with Gasteiger partial charge in [-0.25, -0.2) is 0 Å². The van der Waals surface area contributed by atoms with Gasteiger partial charge in [0.1, 0.15) is 6.10 Å². The number of allylic oxidation sites excluding steroid dienone is 2. The summed E-state index contributed by atoms with van der Waals surface area (Å²) in [7, 11) is 0. The molecule has 0 radical (unpaired) electrons. The number of ether oxygens (including phenoxy) is 1. The summed E-state index contributed by atoms with van der Waals surface area (Å²) in [6.07, 6.45) is 6.39. The largest absolute Gasteiger partial charge is 0.462 e. The molecule has 0 unspecified atom stereocenters. The zero-order chi connectivity index (χ0) is 18.7. The van der Waals surface area contributed by atoms with Crippen LogP contribution < -0.4 is 0 Å². The van der Waals surface area contributed by atoms with Crippen molar-refractivity contribution in [1.82, 2.24) is 0 Å². The lowest BCUT2D eigenvalue weighted by Crippen LogP contribution is -2.38. The van der Waals surface area contributed by atoms with Gasteiger partial charge >= 0.3 is 5.97 Å². The second-order valence-electron chi connectivity index (χ2n) is 8.17. The Balaban J connectivity index is 2.20. The molecule has 0 bridgehead atoms. The Bertz CT molecular complexity index is 560. The zero-order valence-corrected chi connectivity index (χ0v) is 16.3. The Morgan fingerprint density at radius 1 is 1.40 bits per heavy atom. The Hall–Kier alpha value is -1.35. The van der Waals surface area contributed by atoms with Crippen LogP contribution in [0, 0.1) is 23.7 Å². The molecule has 0 heterocycles. The molecule has 1 saturated carbocycles. The lowest BCUT2D eigenvalue weighted by molar-refractivity contribution is -0.153. The summed E-state index contributed by atoms with van der Waals surface area (Å²) in [5, 5.41) is 10.1. The monoisotopic (exact) mass is 346 g/mol. The van der Waals surface area contributed by atoms with Gasteiger partial charge in [0.25, 0.3) is 0 Å². The molecule has 2 rings (SSSR count). The Morgan fingerprint density at radius 3 is 2.68 bits per heavy atom. The number of esters is 1. The van der Waals surface area contributed by atoms with Crippen LogP contribution in [0.5, 0.6) is 0 Å². The van der Waals surface area contributed by atoms with Gasteiger partial charge in [-0.2, -0.15) is 0 Å². The molecule has 1 fully saturated rings. The molecular weight excluding hydrogens is 312 g/mol. The van der Waals surface area contributed by atoms with Crippen LogP contribution in [0.25, 0.3) is 0 Å². The van der Waals surface area contributed by atoms with E-state index in [1.165, 1.54) is 18.1 Å². The summed E-state index contributed by atoms with van der Waals surface area (Å²) >= 11 is 0. The van der Waals surface area contributed by atoms with Crippen LogP contribution in [0.15, 0.2) is 36.0 Å². The minimum atomic E-state index is -0.448. The van der Waals surface area contributed by atoms with E-state index >= 15 is 0 Å². The van der Waals surface area contributed by atoms with Gasteiger partial charge in [0, 0.05) is 12.8 Å². The van der Waals surface area contributed by atoms with Crippen LogP contribution in [0.4, 0.5) is 0 Å². The van der Waals surface area contributed by atoms with Gasteiger partial charge in [-0.3, -0.25) is 4.79 Å². The van der Waals surface area contributed by atoms with E-state index in [4.69, 9.17) is 4.74 Å². The molecule has 3 heteroatoms. The summed E-state index contributed by atoms with van der Waals surface area (Å²) in [6.45, 7) is 15.9. The third-order valence-corrected chi connectivity index (χ3v) is 6.25. The van der Waals surface area contributed by atoms with E-state index in [0.717, 1.165) is 31.3 Å². The number of aliphatic hydroxyl groups is 1. The van der Waals surface area contributed by atoms with E-state index in [1.54, 1.807) is 0 Å². The Kier molecular flexibility index (Phi) is 6.67. The number of rotatable bonds is 6. The number of aliphatic hydroxyl groups excluding tert-OH is 1. The fourth-order valence-electron chi connectivity index (χ4n) is 4.63. The second-order valence-corrected chi connectivity index (χ2v) is 8.17. The number of hydrogen-bond acceptors (Lipinski definition) is 3. The molecule has 0 aromatic carbocycles. The van der Waals surface area contributed by atoms with Gasteiger partial charge in [0.2, 0.25) is 0 Å². The first-order valence-electron chi connectivity index (χ1n) is 9.57. The van der Waals surface area contributed by atoms with Crippen molar-refractivity contribution in [3.8, 4) is 0 Å². The summed E-state index contributed by atoms with van der Waals surface area (Å²) < 4.78 is 5.89. The van der Waals surface area contributed by atoms with E-state index < -0.39 is 6.10 Å². The van der Waals surface area contributed by atoms with Crippen LogP contribution in [0.1, 0.15) is 59.8 Å². The standard InChI is InChI=1S/C22H34O3/c1-13(2)20(24)12-9-15(4)19-11-7-14(3)18-10-8-16(5)21(18)22(19)25-17(6)23/h8,15,18-22,24H,1,3,7,9-12H2,2,4-6H3/t15-,18+,19+,20-,21-,22-/m1/s1. The SMILES string of the molecule is C=C(C)[C@H](O)CC[C@@H](C)[C@@H]1CCC(=C)[C@@H]2CC=C(C)[C@H]2[C@@H]1OC(C)=O. The van der Waals surface area contributed by atoms with Crippen molar-refractivity contribution < 1.29 is 14.6 Å². The highest BCUT2D eigenvalue weighted by atomic mass is 16.5. The van der Waals surface area contributed by atoms with E-state index in [-0.39, 0.29) is 18.0 Å². The maximum absolute atomic E-state index is 11.8. The molecule has 140 valence electrons. The predicted molar refractivity (Wildman–Crippen MR) is 102 cm³/mol. The number of carbonyl (C=O) groups is 1. The predicted octanol–water partition coefficient (Wildman–Crippen LogP) is 4.82. The van der Waals surface area contributed by atoms with Crippen molar-refractivity contribution >= 4 is 5.97 Å². The lowest BCUT2D eigenvalue weighted by Gasteiger charge is -2.36. The minimum absolute atomic E-state index is 0.0857. The number of carbonyl (C=O) groups excluding carboxylic acids is 1. The van der Waals surface area contributed by atoms with Crippen molar-refractivity contribution in [2.45, 2.75) is 72.0 Å². The van der Waals surface area contributed by atoms with Gasteiger partial charge in [0.05, 0.1) is 6.10 Å². The maximum Gasteiger partial charge on any atom is 0.302 e. The van der Waals surface area contributed by atoms with Crippen molar-refractivity contribution in [3.05, 3.63) is 36.0 Å². The molecule has 0 saturated heterocycles. The van der Waals surface area contributed by atoms with Gasteiger partial charge in [-0.15, -0.1) is 0 Å². The molecule has 3 nitrogen and oxygen atoms in total. The first-order chi connectivity index (χ1) is 11.7. The molecule has 1 N–H and O–H groups in total. The van der Waals surface area contributed by atoms with Crippen molar-refractivity contribution in [3.63, 3.8) is 0 Å². The zero-order valence-electron chi connectivity index (χ0n) is 16.3. The molecule has 0 aliphatic heterocycles. The Morgan fingerprint density at radius 2 is 2.08 bits per heavy atom. The van der Waals surface area contributed by atoms with Gasteiger partial charge in [-0.1, -0.05) is 42.9 Å². The highest BCUT2D eigenvalue weighted by Gasteiger charge is 2.44. The first-order valence-corrected chi connectivity index (χ1v) is 9.57. The highest BCUT2D eigenvalue weighted by molar-refractivity contribution is 5.66. The van der Waals surface area contributed by atoms with Gasteiger partial charge in [0.15, 0.2) is 0 Å². The number of hydrogen-bond donors (Lipinski definition) is 1. The third-order valence-electron chi connectivity index (χ3n) is 6.25. The van der Waals surface area contributed by atoms with Crippen molar-refractivity contribution in [2.75, 3.05) is 0 Å². The number of fused-ring (bicyclic) bond motifs is 1. The molecule has 2 aliphatic carbocycles. The van der Waals surface area contributed by atoms with Crippen molar-refractivity contribution in [2.24, 2.45) is 23.7 Å². The van der Waals surface area contributed by atoms with Gasteiger partial charge < -0.3 is 9.84 Å². The second kappa shape index (κ2) is 8.35. The summed E-state index contributed by atoms with van der Waals surface area (Å²) in [5.41, 5.74) is 3.44. The maximum atomic E-state index is 11.8. The normalized spacial score (nSPS) is 31.6. The van der Waals surface area contributed by atoms with E-state index in [2.05, 4.69) is 33.1 Å². The smallest absolute Gasteiger partial charge is 0.302 e. The average Bonchev–Trinajstić information content (AvgIpc) is 2.85. The Labute approximate surface area is 152 Å². The van der Waals surface area contributed by atoms with Crippen molar-refractivity contribution in [1.29, 1.82) is 0 Å². The van der Waals surface area contributed by atoms with Crippen LogP contribution in [-0.4, -0.2) is 23.3 Å². The van der Waals surface area contributed by atoms with Crippen LogP contribution in [0.3, 0.4) is 0 Å². The van der Waals surface area contributed by atoms with Crippen LogP contribution in [0.2, 0.25) is 0 Å². The van der Waals surface area contributed by atoms with E-state index in [0.29, 0.717) is 24.2 Å². The minimum Gasteiger partial charge on any atom is -0.462 e. The fraction of sp³-hybridized carbons (Fsp3) is 0.682. The molecule has 2 aliphatic rings. The van der Waals surface area contributed by atoms with E-state index in [9.17, 15) is 9.90 Å². The molecular formula is C22H34O3. The van der Waals surface area contributed by atoms with Crippen LogP contribution in [-0.2, 0) is 9.53 Å². The topological polar surface area (TPSA) is 46.5 Å². The fourth-order valence-corrected chi connectivity index (χ4v) is 4.63. The van der Waals surface area contributed by atoms with E-state index in [1.807, 2.05) is 6.92 Å².